The first kappa shape index (κ1) is 18.1. The Balaban J connectivity index is 1.98. The van der Waals surface area contributed by atoms with Crippen molar-refractivity contribution < 1.29 is 9.90 Å². The molecule has 122 valence electrons. The van der Waals surface area contributed by atoms with Crippen LogP contribution in [0.2, 0.25) is 10.0 Å². The van der Waals surface area contributed by atoms with Crippen molar-refractivity contribution in [2.24, 2.45) is 0 Å². The highest BCUT2D eigenvalue weighted by Crippen LogP contribution is 2.27. The van der Waals surface area contributed by atoms with Crippen molar-refractivity contribution in [1.29, 1.82) is 0 Å². The first-order valence-corrected chi connectivity index (χ1v) is 8.70. The van der Waals surface area contributed by atoms with Crippen molar-refractivity contribution >= 4 is 46.6 Å². The minimum Gasteiger partial charge on any atom is -0.379 e. The maximum atomic E-state index is 12.3. The van der Waals surface area contributed by atoms with E-state index < -0.39 is 11.5 Å². The molecule has 0 fully saturated rings. The summed E-state index contributed by atoms with van der Waals surface area (Å²) in [5.74, 6) is -0.251. The monoisotopic (exact) mass is 369 g/mol. The summed E-state index contributed by atoms with van der Waals surface area (Å²) in [7, 11) is 0. The summed E-state index contributed by atoms with van der Waals surface area (Å²) in [4.78, 5) is 13.3. The van der Waals surface area contributed by atoms with Crippen molar-refractivity contribution in [3.8, 4) is 0 Å². The van der Waals surface area contributed by atoms with Gasteiger partial charge in [0.25, 0.3) is 5.91 Å². The Bertz CT molecular complexity index is 702. The van der Waals surface area contributed by atoms with Crippen LogP contribution in [-0.4, -0.2) is 22.4 Å². The third-order valence-electron chi connectivity index (χ3n) is 3.21. The summed E-state index contributed by atoms with van der Waals surface area (Å²) >= 11 is 13.2. The van der Waals surface area contributed by atoms with Gasteiger partial charge < -0.3 is 10.4 Å². The van der Waals surface area contributed by atoms with Crippen molar-refractivity contribution in [2.75, 3.05) is 11.1 Å². The molecular weight excluding hydrogens is 353 g/mol. The van der Waals surface area contributed by atoms with Crippen LogP contribution in [0.4, 0.5) is 5.69 Å². The average Bonchev–Trinajstić information content (AvgIpc) is 2.50. The molecule has 2 aromatic rings. The van der Waals surface area contributed by atoms with E-state index in [9.17, 15) is 9.90 Å². The number of hydrogen-bond donors (Lipinski definition) is 2. The molecule has 1 amide bonds. The molecule has 1 atom stereocenters. The van der Waals surface area contributed by atoms with Gasteiger partial charge in [0.05, 0.1) is 10.0 Å². The van der Waals surface area contributed by atoms with E-state index in [0.717, 1.165) is 4.90 Å². The number of thioether (sulfide) groups is 1. The van der Waals surface area contributed by atoms with Crippen LogP contribution in [0.15, 0.2) is 47.4 Å². The second-order valence-electron chi connectivity index (χ2n) is 5.46. The first-order chi connectivity index (χ1) is 10.8. The van der Waals surface area contributed by atoms with Gasteiger partial charge in [0.2, 0.25) is 0 Å². The third kappa shape index (κ3) is 5.15. The number of hydrogen-bond acceptors (Lipinski definition) is 3. The molecule has 0 radical (unpaired) electrons. The van der Waals surface area contributed by atoms with Crippen molar-refractivity contribution in [1.82, 2.24) is 0 Å². The fourth-order valence-corrected chi connectivity index (χ4v) is 2.97. The fourth-order valence-electron chi connectivity index (χ4n) is 1.76. The van der Waals surface area contributed by atoms with Crippen LogP contribution >= 0.6 is 35.0 Å². The van der Waals surface area contributed by atoms with Gasteiger partial charge in [-0.3, -0.25) is 4.79 Å². The van der Waals surface area contributed by atoms with Crippen LogP contribution in [0.1, 0.15) is 12.5 Å². The van der Waals surface area contributed by atoms with Gasteiger partial charge >= 0.3 is 0 Å². The van der Waals surface area contributed by atoms with Crippen LogP contribution in [0.3, 0.4) is 0 Å². The molecule has 2 N–H and O–H groups in total. The topological polar surface area (TPSA) is 49.3 Å². The first-order valence-electron chi connectivity index (χ1n) is 6.96. The number of rotatable bonds is 5. The Labute approximate surface area is 150 Å². The lowest BCUT2D eigenvalue weighted by Gasteiger charge is -2.22. The number of benzene rings is 2. The van der Waals surface area contributed by atoms with E-state index in [0.29, 0.717) is 15.7 Å². The Kier molecular flexibility index (Phi) is 5.98. The van der Waals surface area contributed by atoms with Crippen LogP contribution in [-0.2, 0) is 4.79 Å². The predicted octanol–water partition coefficient (Wildman–Crippen LogP) is 4.78. The highest BCUT2D eigenvalue weighted by molar-refractivity contribution is 7.99. The van der Waals surface area contributed by atoms with Crippen molar-refractivity contribution in [3.63, 3.8) is 0 Å². The standard InChI is InChI=1S/C17H17Cl2NO2S/c1-11-3-6-13(7-4-11)23-10-17(2,22)16(21)20-12-5-8-14(18)15(19)9-12/h3-9,22H,10H2,1-2H3,(H,20,21)/t17-/m1/s1. The van der Waals surface area contributed by atoms with Gasteiger partial charge in [0.15, 0.2) is 0 Å². The summed E-state index contributed by atoms with van der Waals surface area (Å²) in [5, 5.41) is 13.8. The molecule has 0 aliphatic carbocycles. The minimum absolute atomic E-state index is 0.239. The second kappa shape index (κ2) is 7.58. The summed E-state index contributed by atoms with van der Waals surface area (Å²) in [6, 6.07) is 12.7. The number of nitrogens with one attached hydrogen (secondary N) is 1. The van der Waals surface area contributed by atoms with E-state index in [4.69, 9.17) is 23.2 Å². The zero-order valence-corrected chi connectivity index (χ0v) is 15.1. The molecule has 23 heavy (non-hydrogen) atoms. The predicted molar refractivity (Wildman–Crippen MR) is 97.6 cm³/mol. The molecule has 0 heterocycles. The Morgan fingerprint density at radius 3 is 2.43 bits per heavy atom. The molecule has 0 aromatic heterocycles. The molecule has 0 aliphatic rings. The molecule has 0 unspecified atom stereocenters. The van der Waals surface area contributed by atoms with Gasteiger partial charge in [-0.05, 0) is 44.2 Å². The highest BCUT2D eigenvalue weighted by atomic mass is 35.5. The number of carbonyl (C=O) groups excluding carboxylic acids is 1. The van der Waals surface area contributed by atoms with E-state index in [2.05, 4.69) is 5.32 Å². The van der Waals surface area contributed by atoms with Gasteiger partial charge in [-0.2, -0.15) is 0 Å². The maximum Gasteiger partial charge on any atom is 0.256 e. The zero-order chi connectivity index (χ0) is 17.0. The SMILES string of the molecule is Cc1ccc(SC[C@@](C)(O)C(=O)Nc2ccc(Cl)c(Cl)c2)cc1. The van der Waals surface area contributed by atoms with Gasteiger partial charge in [-0.15, -0.1) is 11.8 Å². The van der Waals surface area contributed by atoms with E-state index in [1.165, 1.54) is 24.2 Å². The van der Waals surface area contributed by atoms with Crippen molar-refractivity contribution in [3.05, 3.63) is 58.1 Å². The number of carbonyl (C=O) groups is 1. The largest absolute Gasteiger partial charge is 0.379 e. The van der Waals surface area contributed by atoms with Crippen LogP contribution in [0, 0.1) is 6.92 Å². The normalized spacial score (nSPS) is 13.4. The van der Waals surface area contributed by atoms with Crippen molar-refractivity contribution in [2.45, 2.75) is 24.3 Å². The number of amides is 1. The number of aliphatic hydroxyl groups is 1. The lowest BCUT2D eigenvalue weighted by atomic mass is 10.1. The quantitative estimate of drug-likeness (QED) is 0.745. The maximum absolute atomic E-state index is 12.3. The summed E-state index contributed by atoms with van der Waals surface area (Å²) in [6.45, 7) is 3.50. The average molecular weight is 370 g/mol. The molecule has 0 bridgehead atoms. The number of anilines is 1. The van der Waals surface area contributed by atoms with Crippen LogP contribution in [0.25, 0.3) is 0 Å². The highest BCUT2D eigenvalue weighted by Gasteiger charge is 2.30. The van der Waals surface area contributed by atoms with E-state index in [1.807, 2.05) is 31.2 Å². The molecule has 2 rings (SSSR count). The van der Waals surface area contributed by atoms with E-state index >= 15 is 0 Å². The van der Waals surface area contributed by atoms with E-state index in [1.54, 1.807) is 18.2 Å². The number of aryl methyl sites for hydroxylation is 1. The summed E-state index contributed by atoms with van der Waals surface area (Å²) in [5.41, 5.74) is 0.144. The van der Waals surface area contributed by atoms with Gasteiger partial charge in [-0.1, -0.05) is 40.9 Å². The molecule has 0 aliphatic heterocycles. The third-order valence-corrected chi connectivity index (χ3v) is 5.26. The fraction of sp³-hybridized carbons (Fsp3) is 0.235. The van der Waals surface area contributed by atoms with Gasteiger partial charge in [0.1, 0.15) is 5.60 Å². The van der Waals surface area contributed by atoms with Gasteiger partial charge in [0, 0.05) is 16.3 Å². The number of halogens is 2. The molecule has 0 saturated carbocycles. The molecule has 3 nitrogen and oxygen atoms in total. The molecule has 0 saturated heterocycles. The summed E-state index contributed by atoms with van der Waals surface area (Å²) < 4.78 is 0. The lowest BCUT2D eigenvalue weighted by Crippen LogP contribution is -2.42. The smallest absolute Gasteiger partial charge is 0.256 e. The molecule has 2 aromatic carbocycles. The van der Waals surface area contributed by atoms with Crippen LogP contribution < -0.4 is 5.32 Å². The minimum atomic E-state index is -1.51. The second-order valence-corrected chi connectivity index (χ2v) is 7.32. The molecular formula is C17H17Cl2NO2S. The van der Waals surface area contributed by atoms with Crippen LogP contribution in [0.5, 0.6) is 0 Å². The molecule has 0 spiro atoms. The Morgan fingerprint density at radius 1 is 1.17 bits per heavy atom. The van der Waals surface area contributed by atoms with E-state index in [-0.39, 0.29) is 5.75 Å². The Morgan fingerprint density at radius 2 is 1.83 bits per heavy atom. The molecule has 6 heteroatoms. The van der Waals surface area contributed by atoms with Gasteiger partial charge in [-0.25, -0.2) is 0 Å². The lowest BCUT2D eigenvalue weighted by molar-refractivity contribution is -0.130. The summed E-state index contributed by atoms with van der Waals surface area (Å²) in [6.07, 6.45) is 0. The zero-order valence-electron chi connectivity index (χ0n) is 12.8. The Hall–Kier alpha value is -1.20.